The van der Waals surface area contributed by atoms with E-state index in [1.807, 2.05) is 18.7 Å². The fourth-order valence-corrected chi connectivity index (χ4v) is 2.21. The van der Waals surface area contributed by atoms with Gasteiger partial charge in [-0.15, -0.1) is 0 Å². The zero-order valence-corrected chi connectivity index (χ0v) is 12.6. The molecule has 18 heavy (non-hydrogen) atoms. The zero-order chi connectivity index (χ0) is 14.0. The lowest BCUT2D eigenvalue weighted by Gasteiger charge is -2.42. The van der Waals surface area contributed by atoms with E-state index in [0.717, 1.165) is 32.6 Å². The summed E-state index contributed by atoms with van der Waals surface area (Å²) in [5.41, 5.74) is 5.87. The fraction of sp³-hybridized carbons (Fsp3) is 0.929. The van der Waals surface area contributed by atoms with Gasteiger partial charge in [0, 0.05) is 43.7 Å². The molecular weight excluding hydrogens is 226 g/mol. The molecule has 2 N–H and O–H groups in total. The largest absolute Gasteiger partial charge is 0.340 e. The van der Waals surface area contributed by atoms with Crippen molar-refractivity contribution in [2.45, 2.75) is 58.5 Å². The molecule has 106 valence electrons. The molecule has 1 aliphatic rings. The van der Waals surface area contributed by atoms with Crippen LogP contribution in [0.5, 0.6) is 0 Å². The van der Waals surface area contributed by atoms with Crippen LogP contribution >= 0.6 is 0 Å². The number of rotatable bonds is 3. The average molecular weight is 255 g/mol. The number of nitrogens with two attached hydrogens (primary N) is 1. The Morgan fingerprint density at radius 1 is 1.06 bits per heavy atom. The second kappa shape index (κ2) is 5.57. The Balaban J connectivity index is 2.37. The molecule has 0 aliphatic carbocycles. The van der Waals surface area contributed by atoms with Crippen LogP contribution < -0.4 is 5.73 Å². The zero-order valence-electron chi connectivity index (χ0n) is 12.6. The summed E-state index contributed by atoms with van der Waals surface area (Å²) in [5.74, 6) is 0.252. The molecular formula is C14H29N3O. The lowest BCUT2D eigenvalue weighted by Crippen LogP contribution is -2.54. The van der Waals surface area contributed by atoms with Gasteiger partial charge in [0.2, 0.25) is 5.91 Å². The van der Waals surface area contributed by atoms with Crippen LogP contribution in [0.15, 0.2) is 0 Å². The summed E-state index contributed by atoms with van der Waals surface area (Å²) in [6, 6.07) is 0. The summed E-state index contributed by atoms with van der Waals surface area (Å²) < 4.78 is 0. The van der Waals surface area contributed by atoms with Crippen LogP contribution in [0.4, 0.5) is 0 Å². The van der Waals surface area contributed by atoms with E-state index in [9.17, 15) is 4.79 Å². The highest BCUT2D eigenvalue weighted by atomic mass is 16.2. The van der Waals surface area contributed by atoms with E-state index in [1.54, 1.807) is 0 Å². The Hall–Kier alpha value is -0.610. The Kier molecular flexibility index (Phi) is 4.78. The van der Waals surface area contributed by atoms with Crippen molar-refractivity contribution in [3.63, 3.8) is 0 Å². The third-order valence-corrected chi connectivity index (χ3v) is 3.56. The highest BCUT2D eigenvalue weighted by molar-refractivity contribution is 5.76. The van der Waals surface area contributed by atoms with Gasteiger partial charge in [0.15, 0.2) is 0 Å². The summed E-state index contributed by atoms with van der Waals surface area (Å²) in [4.78, 5) is 16.5. The summed E-state index contributed by atoms with van der Waals surface area (Å²) in [5, 5.41) is 0. The number of hydrogen-bond donors (Lipinski definition) is 1. The van der Waals surface area contributed by atoms with Crippen molar-refractivity contribution in [1.82, 2.24) is 9.80 Å². The number of carbonyl (C=O) groups excluding carboxylic acids is 1. The topological polar surface area (TPSA) is 49.6 Å². The van der Waals surface area contributed by atoms with E-state index < -0.39 is 0 Å². The SMILES string of the molecule is CC(C)(N)CCC(=O)N1CCN(C(C)(C)C)CC1. The first kappa shape index (κ1) is 15.4. The lowest BCUT2D eigenvalue weighted by atomic mass is 9.99. The Labute approximate surface area is 111 Å². The lowest BCUT2D eigenvalue weighted by molar-refractivity contribution is -0.134. The fourth-order valence-electron chi connectivity index (χ4n) is 2.21. The van der Waals surface area contributed by atoms with Gasteiger partial charge in [0.05, 0.1) is 0 Å². The Bertz CT molecular complexity index is 280. The van der Waals surface area contributed by atoms with Crippen molar-refractivity contribution in [2.24, 2.45) is 5.73 Å². The maximum absolute atomic E-state index is 12.1. The first-order valence-corrected chi connectivity index (χ1v) is 6.91. The van der Waals surface area contributed by atoms with Crippen LogP contribution in [-0.2, 0) is 4.79 Å². The third-order valence-electron chi connectivity index (χ3n) is 3.56. The number of hydrogen-bond acceptors (Lipinski definition) is 3. The van der Waals surface area contributed by atoms with Crippen LogP contribution in [0.25, 0.3) is 0 Å². The molecule has 1 heterocycles. The van der Waals surface area contributed by atoms with Gasteiger partial charge in [0.1, 0.15) is 0 Å². The van der Waals surface area contributed by atoms with Gasteiger partial charge in [-0.05, 0) is 41.0 Å². The number of piperazine rings is 1. The molecule has 0 aromatic carbocycles. The average Bonchev–Trinajstić information content (AvgIpc) is 2.24. The quantitative estimate of drug-likeness (QED) is 0.830. The third kappa shape index (κ3) is 4.94. The molecule has 1 saturated heterocycles. The van der Waals surface area contributed by atoms with Gasteiger partial charge in [-0.1, -0.05) is 0 Å². The number of nitrogens with zero attached hydrogens (tertiary/aromatic N) is 2. The highest BCUT2D eigenvalue weighted by Gasteiger charge is 2.28. The smallest absolute Gasteiger partial charge is 0.222 e. The predicted molar refractivity (Wildman–Crippen MR) is 75.4 cm³/mol. The molecule has 1 amide bonds. The molecule has 0 bridgehead atoms. The van der Waals surface area contributed by atoms with Gasteiger partial charge in [0.25, 0.3) is 0 Å². The molecule has 0 atom stereocenters. The van der Waals surface area contributed by atoms with Crippen molar-refractivity contribution >= 4 is 5.91 Å². The van der Waals surface area contributed by atoms with Gasteiger partial charge in [-0.2, -0.15) is 0 Å². The maximum Gasteiger partial charge on any atom is 0.222 e. The van der Waals surface area contributed by atoms with Gasteiger partial charge in [-0.3, -0.25) is 9.69 Å². The van der Waals surface area contributed by atoms with Crippen molar-refractivity contribution in [2.75, 3.05) is 26.2 Å². The molecule has 0 saturated carbocycles. The van der Waals surface area contributed by atoms with Crippen LogP contribution in [-0.4, -0.2) is 53.0 Å². The molecule has 0 radical (unpaired) electrons. The normalized spacial score (nSPS) is 19.1. The van der Waals surface area contributed by atoms with Crippen LogP contribution in [0.3, 0.4) is 0 Å². The standard InChI is InChI=1S/C14H29N3O/c1-13(2,3)17-10-8-16(9-11-17)12(18)6-7-14(4,5)15/h6-11,15H2,1-5H3. The number of carbonyl (C=O) groups is 1. The van der Waals surface area contributed by atoms with E-state index in [-0.39, 0.29) is 17.0 Å². The van der Waals surface area contributed by atoms with Crippen molar-refractivity contribution in [3.8, 4) is 0 Å². The monoisotopic (exact) mass is 255 g/mol. The van der Waals surface area contributed by atoms with Crippen LogP contribution in [0, 0.1) is 0 Å². The molecule has 4 nitrogen and oxygen atoms in total. The summed E-state index contributed by atoms with van der Waals surface area (Å²) in [7, 11) is 0. The molecule has 0 unspecified atom stereocenters. The van der Waals surface area contributed by atoms with Crippen molar-refractivity contribution < 1.29 is 4.79 Å². The van der Waals surface area contributed by atoms with Crippen LogP contribution in [0.1, 0.15) is 47.5 Å². The molecule has 0 aromatic heterocycles. The van der Waals surface area contributed by atoms with Gasteiger partial charge in [-0.25, -0.2) is 0 Å². The Morgan fingerprint density at radius 3 is 1.94 bits per heavy atom. The van der Waals surface area contributed by atoms with Gasteiger partial charge >= 0.3 is 0 Å². The first-order chi connectivity index (χ1) is 8.09. The summed E-state index contributed by atoms with van der Waals surface area (Å²) >= 11 is 0. The first-order valence-electron chi connectivity index (χ1n) is 6.91. The van der Waals surface area contributed by atoms with Gasteiger partial charge < -0.3 is 10.6 Å². The van der Waals surface area contributed by atoms with E-state index in [4.69, 9.17) is 5.73 Å². The molecule has 1 rings (SSSR count). The molecule has 1 aliphatic heterocycles. The van der Waals surface area contributed by atoms with E-state index >= 15 is 0 Å². The minimum atomic E-state index is -0.247. The minimum Gasteiger partial charge on any atom is -0.340 e. The van der Waals surface area contributed by atoms with Crippen molar-refractivity contribution in [3.05, 3.63) is 0 Å². The maximum atomic E-state index is 12.1. The highest BCUT2D eigenvalue weighted by Crippen LogP contribution is 2.17. The molecule has 0 spiro atoms. The number of amides is 1. The van der Waals surface area contributed by atoms with E-state index in [1.165, 1.54) is 0 Å². The predicted octanol–water partition coefficient (Wildman–Crippen LogP) is 1.45. The summed E-state index contributed by atoms with van der Waals surface area (Å²) in [6.45, 7) is 14.3. The minimum absolute atomic E-state index is 0.203. The molecule has 4 heteroatoms. The molecule has 0 aromatic rings. The van der Waals surface area contributed by atoms with Crippen LogP contribution in [0.2, 0.25) is 0 Å². The Morgan fingerprint density at radius 2 is 1.56 bits per heavy atom. The summed E-state index contributed by atoms with van der Waals surface area (Å²) in [6.07, 6.45) is 1.32. The van der Waals surface area contributed by atoms with E-state index in [2.05, 4.69) is 25.7 Å². The molecule has 1 fully saturated rings. The van der Waals surface area contributed by atoms with E-state index in [0.29, 0.717) is 6.42 Å². The second-order valence-corrected chi connectivity index (χ2v) is 7.03. The van der Waals surface area contributed by atoms with Crippen molar-refractivity contribution in [1.29, 1.82) is 0 Å². The second-order valence-electron chi connectivity index (χ2n) is 7.03.